The SMILES string of the molecule is Cl.NCCCCCCC(=O)Nc1nc(-c2ccccc2Cl)cs1. The van der Waals surface area contributed by atoms with E-state index in [0.29, 0.717) is 16.6 Å². The van der Waals surface area contributed by atoms with Crippen molar-refractivity contribution in [2.24, 2.45) is 5.73 Å². The van der Waals surface area contributed by atoms with E-state index in [1.165, 1.54) is 11.3 Å². The summed E-state index contributed by atoms with van der Waals surface area (Å²) in [7, 11) is 0. The third-order valence-electron chi connectivity index (χ3n) is 3.26. The number of hydrogen-bond donors (Lipinski definition) is 2. The summed E-state index contributed by atoms with van der Waals surface area (Å²) in [5.41, 5.74) is 7.10. The van der Waals surface area contributed by atoms with E-state index in [0.717, 1.165) is 43.5 Å². The van der Waals surface area contributed by atoms with E-state index >= 15 is 0 Å². The molecule has 1 aromatic heterocycles. The van der Waals surface area contributed by atoms with Crippen LogP contribution in [0.4, 0.5) is 5.13 Å². The van der Waals surface area contributed by atoms with Crippen LogP contribution in [-0.2, 0) is 4.79 Å². The van der Waals surface area contributed by atoms with Crippen LogP contribution in [0.15, 0.2) is 29.6 Å². The average molecular weight is 374 g/mol. The van der Waals surface area contributed by atoms with Gasteiger partial charge in [-0.25, -0.2) is 4.98 Å². The smallest absolute Gasteiger partial charge is 0.226 e. The zero-order valence-electron chi connectivity index (χ0n) is 12.8. The molecule has 3 N–H and O–H groups in total. The molecule has 0 radical (unpaired) electrons. The number of thiazole rings is 1. The van der Waals surface area contributed by atoms with Gasteiger partial charge in [0.1, 0.15) is 0 Å². The molecule has 0 spiro atoms. The van der Waals surface area contributed by atoms with Gasteiger partial charge in [0, 0.05) is 22.4 Å². The van der Waals surface area contributed by atoms with E-state index in [-0.39, 0.29) is 18.3 Å². The van der Waals surface area contributed by atoms with Gasteiger partial charge < -0.3 is 11.1 Å². The van der Waals surface area contributed by atoms with Crippen LogP contribution in [0.5, 0.6) is 0 Å². The molecule has 0 atom stereocenters. The van der Waals surface area contributed by atoms with E-state index < -0.39 is 0 Å². The number of halogens is 2. The molecule has 0 bridgehead atoms. The molecule has 0 saturated heterocycles. The molecule has 2 rings (SSSR count). The molecule has 126 valence electrons. The highest BCUT2D eigenvalue weighted by atomic mass is 35.5. The number of nitrogens with one attached hydrogen (secondary N) is 1. The third-order valence-corrected chi connectivity index (χ3v) is 4.35. The zero-order valence-corrected chi connectivity index (χ0v) is 15.1. The Morgan fingerprint density at radius 1 is 1.22 bits per heavy atom. The number of unbranched alkanes of at least 4 members (excludes halogenated alkanes) is 3. The fourth-order valence-electron chi connectivity index (χ4n) is 2.09. The van der Waals surface area contributed by atoms with Gasteiger partial charge in [0.05, 0.1) is 5.69 Å². The fraction of sp³-hybridized carbons (Fsp3) is 0.375. The second-order valence-corrected chi connectivity index (χ2v) is 6.28. The lowest BCUT2D eigenvalue weighted by Gasteiger charge is -2.02. The lowest BCUT2D eigenvalue weighted by Crippen LogP contribution is -2.10. The van der Waals surface area contributed by atoms with Crippen LogP contribution in [0, 0.1) is 0 Å². The monoisotopic (exact) mass is 373 g/mol. The van der Waals surface area contributed by atoms with Crippen LogP contribution in [0.2, 0.25) is 5.02 Å². The van der Waals surface area contributed by atoms with E-state index in [4.69, 9.17) is 17.3 Å². The molecule has 1 aromatic carbocycles. The van der Waals surface area contributed by atoms with Gasteiger partial charge in [-0.15, -0.1) is 23.7 Å². The molecular formula is C16H21Cl2N3OS. The number of amides is 1. The predicted octanol–water partition coefficient (Wildman–Crippen LogP) is 4.73. The Bertz CT molecular complexity index is 619. The Kier molecular flexibility index (Phi) is 9.17. The number of nitrogens with zero attached hydrogens (tertiary/aromatic N) is 1. The van der Waals surface area contributed by atoms with Gasteiger partial charge in [-0.3, -0.25) is 4.79 Å². The van der Waals surface area contributed by atoms with Crippen molar-refractivity contribution < 1.29 is 4.79 Å². The van der Waals surface area contributed by atoms with Crippen molar-refractivity contribution in [2.75, 3.05) is 11.9 Å². The highest BCUT2D eigenvalue weighted by molar-refractivity contribution is 7.14. The molecular weight excluding hydrogens is 353 g/mol. The third kappa shape index (κ3) is 6.47. The summed E-state index contributed by atoms with van der Waals surface area (Å²) in [4.78, 5) is 16.3. The Morgan fingerprint density at radius 3 is 2.70 bits per heavy atom. The van der Waals surface area contributed by atoms with Gasteiger partial charge in [0.25, 0.3) is 0 Å². The zero-order chi connectivity index (χ0) is 15.8. The maximum Gasteiger partial charge on any atom is 0.226 e. The number of aromatic nitrogens is 1. The molecule has 2 aromatic rings. The quantitative estimate of drug-likeness (QED) is 0.656. The van der Waals surface area contributed by atoms with Crippen LogP contribution in [0.1, 0.15) is 32.1 Å². The second kappa shape index (κ2) is 10.6. The van der Waals surface area contributed by atoms with Crippen LogP contribution < -0.4 is 11.1 Å². The molecule has 0 fully saturated rings. The van der Waals surface area contributed by atoms with Crippen LogP contribution in [0.25, 0.3) is 11.3 Å². The first-order chi connectivity index (χ1) is 10.7. The summed E-state index contributed by atoms with van der Waals surface area (Å²) in [6, 6.07) is 7.54. The summed E-state index contributed by atoms with van der Waals surface area (Å²) < 4.78 is 0. The van der Waals surface area contributed by atoms with Gasteiger partial charge in [-0.2, -0.15) is 0 Å². The lowest BCUT2D eigenvalue weighted by atomic mass is 10.1. The van der Waals surface area contributed by atoms with Gasteiger partial charge in [0.15, 0.2) is 5.13 Å². The second-order valence-electron chi connectivity index (χ2n) is 5.02. The van der Waals surface area contributed by atoms with Crippen molar-refractivity contribution in [2.45, 2.75) is 32.1 Å². The Hall–Kier alpha value is -1.14. The van der Waals surface area contributed by atoms with E-state index in [1.807, 2.05) is 29.6 Å². The van der Waals surface area contributed by atoms with Crippen LogP contribution in [0.3, 0.4) is 0 Å². The van der Waals surface area contributed by atoms with E-state index in [2.05, 4.69) is 10.3 Å². The van der Waals surface area contributed by atoms with Crippen molar-refractivity contribution in [1.29, 1.82) is 0 Å². The molecule has 23 heavy (non-hydrogen) atoms. The minimum Gasteiger partial charge on any atom is -0.330 e. The van der Waals surface area contributed by atoms with Crippen LogP contribution in [-0.4, -0.2) is 17.4 Å². The number of carbonyl (C=O) groups is 1. The summed E-state index contributed by atoms with van der Waals surface area (Å²) in [5.74, 6) is 0.00723. The molecule has 0 unspecified atom stereocenters. The Labute approximate surface area is 151 Å². The van der Waals surface area contributed by atoms with E-state index in [1.54, 1.807) is 0 Å². The molecule has 0 aliphatic rings. The average Bonchev–Trinajstić information content (AvgIpc) is 2.95. The van der Waals surface area contributed by atoms with Crippen molar-refractivity contribution >= 4 is 46.4 Å². The maximum absolute atomic E-state index is 11.9. The number of hydrogen-bond acceptors (Lipinski definition) is 4. The molecule has 4 nitrogen and oxygen atoms in total. The van der Waals surface area contributed by atoms with Gasteiger partial charge in [0.2, 0.25) is 5.91 Å². The topological polar surface area (TPSA) is 68.0 Å². The summed E-state index contributed by atoms with van der Waals surface area (Å²) in [6.45, 7) is 0.718. The number of benzene rings is 1. The first-order valence-electron chi connectivity index (χ1n) is 7.41. The highest BCUT2D eigenvalue weighted by Crippen LogP contribution is 2.30. The van der Waals surface area contributed by atoms with Gasteiger partial charge >= 0.3 is 0 Å². The highest BCUT2D eigenvalue weighted by Gasteiger charge is 2.09. The molecule has 0 aliphatic carbocycles. The molecule has 7 heteroatoms. The Balaban J connectivity index is 0.00000264. The first kappa shape index (κ1) is 19.9. The number of rotatable bonds is 8. The summed E-state index contributed by atoms with van der Waals surface area (Å²) in [5, 5.41) is 6.01. The number of nitrogens with two attached hydrogens (primary N) is 1. The number of anilines is 1. The van der Waals surface area contributed by atoms with Gasteiger partial charge in [-0.05, 0) is 25.5 Å². The normalized spacial score (nSPS) is 10.2. The summed E-state index contributed by atoms with van der Waals surface area (Å²) >= 11 is 7.56. The Morgan fingerprint density at radius 2 is 1.96 bits per heavy atom. The van der Waals surface area contributed by atoms with Gasteiger partial charge in [-0.1, -0.05) is 42.6 Å². The molecule has 1 heterocycles. The van der Waals surface area contributed by atoms with Crippen molar-refractivity contribution in [1.82, 2.24) is 4.98 Å². The first-order valence-corrected chi connectivity index (χ1v) is 8.67. The lowest BCUT2D eigenvalue weighted by molar-refractivity contribution is -0.116. The molecule has 0 aliphatic heterocycles. The van der Waals surface area contributed by atoms with Crippen molar-refractivity contribution in [3.63, 3.8) is 0 Å². The molecule has 1 amide bonds. The minimum atomic E-state index is 0. The summed E-state index contributed by atoms with van der Waals surface area (Å²) in [6.07, 6.45) is 4.54. The predicted molar refractivity (Wildman–Crippen MR) is 101 cm³/mol. The minimum absolute atomic E-state index is 0. The van der Waals surface area contributed by atoms with Crippen molar-refractivity contribution in [3.8, 4) is 11.3 Å². The standard InChI is InChI=1S/C16H20ClN3OS.ClH/c17-13-8-5-4-7-12(13)14-11-22-16(19-14)20-15(21)9-3-1-2-6-10-18;/h4-5,7-8,11H,1-3,6,9-10,18H2,(H,19,20,21);1H. The number of carbonyl (C=O) groups excluding carboxylic acids is 1. The maximum atomic E-state index is 11.9. The van der Waals surface area contributed by atoms with Crippen molar-refractivity contribution in [3.05, 3.63) is 34.7 Å². The van der Waals surface area contributed by atoms with E-state index in [9.17, 15) is 4.79 Å². The largest absolute Gasteiger partial charge is 0.330 e. The fourth-order valence-corrected chi connectivity index (χ4v) is 3.05. The van der Waals surface area contributed by atoms with Crippen LogP contribution >= 0.6 is 35.3 Å². The molecule has 0 saturated carbocycles.